The Labute approximate surface area is 102 Å². The Morgan fingerprint density at radius 1 is 1.41 bits per heavy atom. The van der Waals surface area contributed by atoms with Crippen molar-refractivity contribution in [2.75, 3.05) is 5.73 Å². The van der Waals surface area contributed by atoms with Gasteiger partial charge in [0.25, 0.3) is 0 Å². The van der Waals surface area contributed by atoms with Crippen molar-refractivity contribution >= 4 is 17.3 Å². The van der Waals surface area contributed by atoms with Crippen molar-refractivity contribution in [2.24, 2.45) is 0 Å². The Bertz CT molecular complexity index is 563. The minimum Gasteiger partial charge on any atom is -0.619 e. The number of hydrogen-bond acceptors (Lipinski definition) is 3. The molecular weight excluding hydrogens is 247 g/mol. The third-order valence-electron chi connectivity index (χ3n) is 2.03. The zero-order valence-corrected chi connectivity index (χ0v) is 9.32. The molecule has 6 heteroatoms. The fourth-order valence-corrected chi connectivity index (χ4v) is 1.43. The Morgan fingerprint density at radius 2 is 2.18 bits per heavy atom. The first kappa shape index (κ1) is 11.5. The van der Waals surface area contributed by atoms with E-state index >= 15 is 0 Å². The molecule has 0 radical (unpaired) electrons. The third-order valence-corrected chi connectivity index (χ3v) is 2.32. The quantitative estimate of drug-likeness (QED) is 0.509. The molecule has 0 unspecified atom stereocenters. The molecule has 0 spiro atoms. The molecule has 2 N–H and O–H groups in total. The highest BCUT2D eigenvalue weighted by Gasteiger charge is 2.09. The fourth-order valence-electron chi connectivity index (χ4n) is 1.24. The van der Waals surface area contributed by atoms with E-state index in [1.165, 1.54) is 24.5 Å². The first-order valence-electron chi connectivity index (χ1n) is 4.67. The lowest BCUT2D eigenvalue weighted by Gasteiger charge is -2.08. The van der Waals surface area contributed by atoms with E-state index in [2.05, 4.69) is 0 Å². The molecule has 2 rings (SSSR count). The van der Waals surface area contributed by atoms with Gasteiger partial charge in [-0.2, -0.15) is 4.73 Å². The predicted molar refractivity (Wildman–Crippen MR) is 61.3 cm³/mol. The zero-order chi connectivity index (χ0) is 12.4. The van der Waals surface area contributed by atoms with Crippen LogP contribution in [0.4, 0.5) is 10.1 Å². The van der Waals surface area contributed by atoms with Crippen molar-refractivity contribution in [1.82, 2.24) is 0 Å². The summed E-state index contributed by atoms with van der Waals surface area (Å²) in [4.78, 5) is 0. The Kier molecular flexibility index (Phi) is 3.01. The normalized spacial score (nSPS) is 10.2. The minimum atomic E-state index is -0.616. The SMILES string of the molecule is Nc1cc(Oc2ccc[n+]([O-])c2)c(Cl)cc1F. The summed E-state index contributed by atoms with van der Waals surface area (Å²) in [6.45, 7) is 0. The van der Waals surface area contributed by atoms with Crippen LogP contribution in [0.3, 0.4) is 0 Å². The van der Waals surface area contributed by atoms with Gasteiger partial charge >= 0.3 is 0 Å². The van der Waals surface area contributed by atoms with Crippen LogP contribution in [-0.2, 0) is 0 Å². The molecular formula is C11H8ClFN2O2. The van der Waals surface area contributed by atoms with Crippen molar-refractivity contribution < 1.29 is 13.9 Å². The van der Waals surface area contributed by atoms with E-state index < -0.39 is 5.82 Å². The van der Waals surface area contributed by atoms with Gasteiger partial charge < -0.3 is 15.7 Å². The topological polar surface area (TPSA) is 62.2 Å². The van der Waals surface area contributed by atoms with E-state index in [1.807, 2.05) is 0 Å². The van der Waals surface area contributed by atoms with Gasteiger partial charge in [0.15, 0.2) is 11.9 Å². The van der Waals surface area contributed by atoms with Gasteiger partial charge in [-0.05, 0) is 12.1 Å². The van der Waals surface area contributed by atoms with Crippen LogP contribution in [0, 0.1) is 11.0 Å². The first-order chi connectivity index (χ1) is 8.06. The number of rotatable bonds is 2. The number of nitrogens with zero attached hydrogens (tertiary/aromatic N) is 1. The lowest BCUT2D eigenvalue weighted by molar-refractivity contribution is -0.605. The number of nitrogen functional groups attached to an aromatic ring is 1. The van der Waals surface area contributed by atoms with Crippen LogP contribution in [0.15, 0.2) is 36.7 Å². The lowest BCUT2D eigenvalue weighted by atomic mass is 10.3. The van der Waals surface area contributed by atoms with Gasteiger partial charge in [-0.1, -0.05) is 11.6 Å². The number of hydrogen-bond donors (Lipinski definition) is 1. The molecule has 0 saturated heterocycles. The molecule has 1 aromatic heterocycles. The predicted octanol–water partition coefficient (Wildman–Crippen LogP) is 2.49. The van der Waals surface area contributed by atoms with Crippen molar-refractivity contribution in [1.29, 1.82) is 0 Å². The van der Waals surface area contributed by atoms with E-state index in [-0.39, 0.29) is 22.2 Å². The first-order valence-corrected chi connectivity index (χ1v) is 5.05. The molecule has 0 bridgehead atoms. The molecule has 1 heterocycles. The number of anilines is 1. The molecule has 2 aromatic rings. The highest BCUT2D eigenvalue weighted by molar-refractivity contribution is 6.32. The highest BCUT2D eigenvalue weighted by Crippen LogP contribution is 2.32. The lowest BCUT2D eigenvalue weighted by Crippen LogP contribution is -2.23. The summed E-state index contributed by atoms with van der Waals surface area (Å²) in [5.41, 5.74) is 5.32. The summed E-state index contributed by atoms with van der Waals surface area (Å²) in [6.07, 6.45) is 2.53. The second-order valence-corrected chi connectivity index (χ2v) is 3.71. The molecule has 17 heavy (non-hydrogen) atoms. The monoisotopic (exact) mass is 254 g/mol. The molecule has 0 saturated carbocycles. The molecule has 4 nitrogen and oxygen atoms in total. The summed E-state index contributed by atoms with van der Waals surface area (Å²) in [5.74, 6) is -0.138. The van der Waals surface area contributed by atoms with Crippen LogP contribution in [0.5, 0.6) is 11.5 Å². The summed E-state index contributed by atoms with van der Waals surface area (Å²) in [7, 11) is 0. The van der Waals surface area contributed by atoms with Gasteiger partial charge in [-0.3, -0.25) is 0 Å². The Balaban J connectivity index is 2.33. The van der Waals surface area contributed by atoms with E-state index in [0.717, 1.165) is 6.07 Å². The molecule has 0 amide bonds. The average Bonchev–Trinajstić information content (AvgIpc) is 2.26. The fraction of sp³-hybridized carbons (Fsp3) is 0. The number of ether oxygens (including phenoxy) is 1. The second-order valence-electron chi connectivity index (χ2n) is 3.31. The maximum Gasteiger partial charge on any atom is 0.223 e. The van der Waals surface area contributed by atoms with Gasteiger partial charge in [0.2, 0.25) is 6.20 Å². The third kappa shape index (κ3) is 2.57. The maximum absolute atomic E-state index is 13.0. The molecule has 0 aliphatic heterocycles. The van der Waals surface area contributed by atoms with Crippen LogP contribution < -0.4 is 15.2 Å². The number of benzene rings is 1. The van der Waals surface area contributed by atoms with Crippen LogP contribution in [-0.4, -0.2) is 0 Å². The van der Waals surface area contributed by atoms with Crippen molar-refractivity contribution in [3.05, 3.63) is 52.7 Å². The van der Waals surface area contributed by atoms with E-state index in [1.54, 1.807) is 6.07 Å². The van der Waals surface area contributed by atoms with Gasteiger partial charge in [-0.15, -0.1) is 0 Å². The smallest absolute Gasteiger partial charge is 0.223 e. The molecule has 0 atom stereocenters. The van der Waals surface area contributed by atoms with Crippen LogP contribution >= 0.6 is 11.6 Å². The number of nitrogens with two attached hydrogens (primary N) is 1. The number of halogens is 2. The highest BCUT2D eigenvalue weighted by atomic mass is 35.5. The number of aromatic nitrogens is 1. The standard InChI is InChI=1S/C11H8ClFN2O2/c12-8-4-9(13)10(14)5-11(8)17-7-2-1-3-15(16)6-7/h1-6H,14H2. The summed E-state index contributed by atoms with van der Waals surface area (Å²) >= 11 is 5.79. The van der Waals surface area contributed by atoms with E-state index in [4.69, 9.17) is 22.1 Å². The van der Waals surface area contributed by atoms with Crippen LogP contribution in [0.25, 0.3) is 0 Å². The van der Waals surface area contributed by atoms with E-state index in [9.17, 15) is 9.60 Å². The summed E-state index contributed by atoms with van der Waals surface area (Å²) in [5, 5.41) is 11.1. The van der Waals surface area contributed by atoms with Gasteiger partial charge in [0, 0.05) is 12.1 Å². The average molecular weight is 255 g/mol. The Morgan fingerprint density at radius 3 is 2.88 bits per heavy atom. The zero-order valence-electron chi connectivity index (χ0n) is 8.56. The van der Waals surface area contributed by atoms with Crippen LogP contribution in [0.1, 0.15) is 0 Å². The van der Waals surface area contributed by atoms with E-state index in [0.29, 0.717) is 4.73 Å². The molecule has 88 valence electrons. The molecule has 0 aliphatic carbocycles. The van der Waals surface area contributed by atoms with Crippen LogP contribution in [0.2, 0.25) is 5.02 Å². The van der Waals surface area contributed by atoms with Crippen molar-refractivity contribution in [2.45, 2.75) is 0 Å². The molecule has 0 aliphatic rings. The maximum atomic E-state index is 13.0. The van der Waals surface area contributed by atoms with Gasteiger partial charge in [-0.25, -0.2) is 4.39 Å². The minimum absolute atomic E-state index is 0.0738. The molecule has 0 fully saturated rings. The summed E-state index contributed by atoms with van der Waals surface area (Å²) in [6, 6.07) is 5.41. The van der Waals surface area contributed by atoms with Gasteiger partial charge in [0.1, 0.15) is 11.6 Å². The largest absolute Gasteiger partial charge is 0.619 e. The number of pyridine rings is 1. The molecule has 1 aromatic carbocycles. The van der Waals surface area contributed by atoms with Gasteiger partial charge in [0.05, 0.1) is 10.7 Å². The summed E-state index contributed by atoms with van der Waals surface area (Å²) < 4.78 is 18.9. The second kappa shape index (κ2) is 4.47. The van der Waals surface area contributed by atoms with Crippen molar-refractivity contribution in [3.63, 3.8) is 0 Å². The van der Waals surface area contributed by atoms with Crippen molar-refractivity contribution in [3.8, 4) is 11.5 Å². The Hall–Kier alpha value is -2.01.